The van der Waals surface area contributed by atoms with Gasteiger partial charge in [-0.25, -0.2) is 4.79 Å². The highest BCUT2D eigenvalue weighted by atomic mass is 19.4. The highest BCUT2D eigenvalue weighted by Crippen LogP contribution is 2.41. The lowest BCUT2D eigenvalue weighted by molar-refractivity contribution is -0.137. The van der Waals surface area contributed by atoms with Gasteiger partial charge in [-0.2, -0.15) is 13.2 Å². The van der Waals surface area contributed by atoms with Crippen LogP contribution >= 0.6 is 0 Å². The van der Waals surface area contributed by atoms with Gasteiger partial charge in [0.05, 0.1) is 11.3 Å². The summed E-state index contributed by atoms with van der Waals surface area (Å²) in [6, 6.07) is 3.11. The highest BCUT2D eigenvalue weighted by Gasteiger charge is 2.36. The van der Waals surface area contributed by atoms with Gasteiger partial charge >= 0.3 is 12.3 Å². The molecule has 1 aliphatic rings. The largest absolute Gasteiger partial charge is 0.465 e. The van der Waals surface area contributed by atoms with Gasteiger partial charge < -0.3 is 5.11 Å². The van der Waals surface area contributed by atoms with Crippen LogP contribution in [0.4, 0.5) is 23.7 Å². The smallest absolute Gasteiger partial charge is 0.416 e. The van der Waals surface area contributed by atoms with Gasteiger partial charge in [-0.1, -0.05) is 13.8 Å². The van der Waals surface area contributed by atoms with Crippen molar-refractivity contribution in [2.45, 2.75) is 32.5 Å². The second kappa shape index (κ2) is 6.16. The summed E-state index contributed by atoms with van der Waals surface area (Å²) < 4.78 is 38.9. The summed E-state index contributed by atoms with van der Waals surface area (Å²) in [5, 5.41) is 9.24. The third-order valence-electron chi connectivity index (χ3n) is 4.11. The molecule has 0 saturated heterocycles. The minimum atomic E-state index is -4.44. The Labute approximate surface area is 127 Å². The van der Waals surface area contributed by atoms with Crippen molar-refractivity contribution in [1.82, 2.24) is 4.90 Å². The van der Waals surface area contributed by atoms with Gasteiger partial charge in [0.1, 0.15) is 0 Å². The number of benzene rings is 1. The minimum absolute atomic E-state index is 0.192. The number of rotatable bonds is 3. The Hall–Kier alpha value is -1.76. The molecule has 4 nitrogen and oxygen atoms in total. The standard InChI is InChI=1S/C15H19F3N2O2/c1-3-19(4-2)12-7-8-20(14(21)22)13-6-5-10(9-11(12)13)15(16,17)18/h5-6,9,12H,3-4,7-8H2,1-2H3,(H,21,22)/t12-/m1/s1. The molecule has 0 bridgehead atoms. The highest BCUT2D eigenvalue weighted by molar-refractivity contribution is 5.88. The Morgan fingerprint density at radius 2 is 2.00 bits per heavy atom. The zero-order valence-electron chi connectivity index (χ0n) is 12.5. The molecule has 1 atom stereocenters. The van der Waals surface area contributed by atoms with Crippen LogP contribution < -0.4 is 4.90 Å². The van der Waals surface area contributed by atoms with E-state index >= 15 is 0 Å². The molecule has 1 aromatic carbocycles. The second-order valence-corrected chi connectivity index (χ2v) is 5.23. The minimum Gasteiger partial charge on any atom is -0.465 e. The van der Waals surface area contributed by atoms with E-state index in [0.717, 1.165) is 17.0 Å². The molecule has 1 N–H and O–H groups in total. The summed E-state index contributed by atoms with van der Waals surface area (Å²) in [5.74, 6) is 0. The summed E-state index contributed by atoms with van der Waals surface area (Å²) in [5.41, 5.74) is 0.0477. The molecule has 1 amide bonds. The SMILES string of the molecule is CCN(CC)[C@@H]1CCN(C(=O)O)c2ccc(C(F)(F)F)cc21. The molecule has 1 aromatic rings. The normalized spacial score (nSPS) is 18.5. The van der Waals surface area contributed by atoms with Crippen LogP contribution in [-0.2, 0) is 6.18 Å². The molecule has 0 spiro atoms. The third-order valence-corrected chi connectivity index (χ3v) is 4.11. The number of amides is 1. The van der Waals surface area contributed by atoms with Crippen molar-refractivity contribution in [3.63, 3.8) is 0 Å². The number of halogens is 3. The first kappa shape index (κ1) is 16.6. The molecule has 0 saturated carbocycles. The first-order chi connectivity index (χ1) is 10.3. The molecule has 0 radical (unpaired) electrons. The van der Waals surface area contributed by atoms with E-state index in [9.17, 15) is 23.1 Å². The van der Waals surface area contributed by atoms with E-state index in [0.29, 0.717) is 30.8 Å². The van der Waals surface area contributed by atoms with E-state index < -0.39 is 17.8 Å². The lowest BCUT2D eigenvalue weighted by Gasteiger charge is -2.38. The number of fused-ring (bicyclic) bond motifs is 1. The van der Waals surface area contributed by atoms with Crippen LogP contribution in [0, 0.1) is 0 Å². The average molecular weight is 316 g/mol. The maximum Gasteiger partial charge on any atom is 0.416 e. The predicted molar refractivity (Wildman–Crippen MR) is 77.1 cm³/mol. The summed E-state index contributed by atoms with van der Waals surface area (Å²) >= 11 is 0. The third kappa shape index (κ3) is 3.04. The van der Waals surface area contributed by atoms with Crippen LogP contribution in [0.15, 0.2) is 18.2 Å². The molecule has 1 aliphatic heterocycles. The monoisotopic (exact) mass is 316 g/mol. The van der Waals surface area contributed by atoms with Crippen molar-refractivity contribution in [3.8, 4) is 0 Å². The fourth-order valence-electron chi connectivity index (χ4n) is 3.01. The van der Waals surface area contributed by atoms with Gasteiger partial charge in [0.25, 0.3) is 0 Å². The molecule has 1 heterocycles. The zero-order chi connectivity index (χ0) is 16.5. The van der Waals surface area contributed by atoms with Crippen molar-refractivity contribution >= 4 is 11.8 Å². The van der Waals surface area contributed by atoms with Gasteiger partial charge in [0.15, 0.2) is 0 Å². The average Bonchev–Trinajstić information content (AvgIpc) is 2.46. The molecule has 122 valence electrons. The fourth-order valence-corrected chi connectivity index (χ4v) is 3.01. The summed E-state index contributed by atoms with van der Waals surface area (Å²) in [7, 11) is 0. The quantitative estimate of drug-likeness (QED) is 0.917. The first-order valence-corrected chi connectivity index (χ1v) is 7.25. The predicted octanol–water partition coefficient (Wildman–Crippen LogP) is 3.98. The van der Waals surface area contributed by atoms with Crippen molar-refractivity contribution in [3.05, 3.63) is 29.3 Å². The lowest BCUT2D eigenvalue weighted by atomic mass is 9.93. The van der Waals surface area contributed by atoms with E-state index in [-0.39, 0.29) is 12.6 Å². The fraction of sp³-hybridized carbons (Fsp3) is 0.533. The van der Waals surface area contributed by atoms with Gasteiger partial charge in [-0.3, -0.25) is 9.80 Å². The van der Waals surface area contributed by atoms with E-state index in [2.05, 4.69) is 4.90 Å². The van der Waals surface area contributed by atoms with E-state index in [4.69, 9.17) is 0 Å². The Morgan fingerprint density at radius 3 is 2.50 bits per heavy atom. The van der Waals surface area contributed by atoms with Gasteiger partial charge in [-0.15, -0.1) is 0 Å². The first-order valence-electron chi connectivity index (χ1n) is 7.25. The molecule has 2 rings (SSSR count). The number of hydrogen-bond acceptors (Lipinski definition) is 2. The second-order valence-electron chi connectivity index (χ2n) is 5.23. The van der Waals surface area contributed by atoms with Crippen molar-refractivity contribution < 1.29 is 23.1 Å². The van der Waals surface area contributed by atoms with E-state index in [1.807, 2.05) is 13.8 Å². The Kier molecular flexibility index (Phi) is 4.65. The summed E-state index contributed by atoms with van der Waals surface area (Å²) in [4.78, 5) is 14.5. The number of hydrogen-bond donors (Lipinski definition) is 1. The number of carboxylic acid groups (broad SMARTS) is 1. The molecule has 0 aliphatic carbocycles. The van der Waals surface area contributed by atoms with E-state index in [1.165, 1.54) is 6.07 Å². The van der Waals surface area contributed by atoms with Gasteiger partial charge in [0.2, 0.25) is 0 Å². The maximum absolute atomic E-state index is 13.0. The molecule has 0 aromatic heterocycles. The van der Waals surface area contributed by atoms with Crippen LogP contribution in [0.3, 0.4) is 0 Å². The summed E-state index contributed by atoms with van der Waals surface area (Å²) in [6.45, 7) is 5.57. The maximum atomic E-state index is 13.0. The molecular weight excluding hydrogens is 297 g/mol. The number of nitrogens with zero attached hydrogens (tertiary/aromatic N) is 2. The molecule has 0 fully saturated rings. The van der Waals surface area contributed by atoms with Crippen molar-refractivity contribution in [2.24, 2.45) is 0 Å². The van der Waals surface area contributed by atoms with Gasteiger partial charge in [-0.05, 0) is 43.3 Å². The van der Waals surface area contributed by atoms with Crippen molar-refractivity contribution in [1.29, 1.82) is 0 Å². The van der Waals surface area contributed by atoms with Crippen LogP contribution in [0.2, 0.25) is 0 Å². The number of anilines is 1. The summed E-state index contributed by atoms with van der Waals surface area (Å²) in [6.07, 6.45) is -5.09. The van der Waals surface area contributed by atoms with Crippen LogP contribution in [0.25, 0.3) is 0 Å². The molecule has 0 unspecified atom stereocenters. The molecular formula is C15H19F3N2O2. The number of alkyl halides is 3. The molecule has 22 heavy (non-hydrogen) atoms. The lowest BCUT2D eigenvalue weighted by Crippen LogP contribution is -2.40. The Morgan fingerprint density at radius 1 is 1.36 bits per heavy atom. The van der Waals surface area contributed by atoms with Crippen LogP contribution in [-0.4, -0.2) is 35.7 Å². The Bertz CT molecular complexity index is 556. The number of carbonyl (C=O) groups is 1. The van der Waals surface area contributed by atoms with Crippen molar-refractivity contribution in [2.75, 3.05) is 24.5 Å². The van der Waals surface area contributed by atoms with Crippen LogP contribution in [0.5, 0.6) is 0 Å². The Balaban J connectivity index is 2.54. The van der Waals surface area contributed by atoms with Crippen LogP contribution in [0.1, 0.15) is 37.4 Å². The topological polar surface area (TPSA) is 43.8 Å². The van der Waals surface area contributed by atoms with Gasteiger partial charge in [0, 0.05) is 12.6 Å². The van der Waals surface area contributed by atoms with E-state index in [1.54, 1.807) is 0 Å². The zero-order valence-corrected chi connectivity index (χ0v) is 12.5. The molecule has 7 heteroatoms.